The maximum absolute atomic E-state index is 10.5. The lowest BCUT2D eigenvalue weighted by Gasteiger charge is -1.88. The molecule has 0 radical (unpaired) electrons. The fourth-order valence-corrected chi connectivity index (χ4v) is 0.941. The molecule has 0 amide bonds. The van der Waals surface area contributed by atoms with E-state index in [1.165, 1.54) is 6.07 Å². The molecule has 1 N–H and O–H groups in total. The van der Waals surface area contributed by atoms with E-state index in [-0.39, 0.29) is 5.76 Å². The Labute approximate surface area is 82.3 Å². The van der Waals surface area contributed by atoms with Gasteiger partial charge in [0.1, 0.15) is 5.76 Å². The lowest BCUT2D eigenvalue weighted by molar-refractivity contribution is 0.0662. The van der Waals surface area contributed by atoms with Gasteiger partial charge in [0.05, 0.1) is 6.21 Å². The predicted molar refractivity (Wildman–Crippen MR) is 53.0 cm³/mol. The summed E-state index contributed by atoms with van der Waals surface area (Å²) in [6, 6.07) is 3.02. The minimum Gasteiger partial charge on any atom is -0.475 e. The largest absolute Gasteiger partial charge is 0.475 e. The van der Waals surface area contributed by atoms with Crippen LogP contribution in [0.3, 0.4) is 0 Å². The van der Waals surface area contributed by atoms with E-state index in [1.807, 2.05) is 0 Å². The van der Waals surface area contributed by atoms with Crippen molar-refractivity contribution < 1.29 is 14.3 Å². The first kappa shape index (κ1) is 10.5. The Morgan fingerprint density at radius 2 is 2.43 bits per heavy atom. The van der Waals surface area contributed by atoms with Gasteiger partial charge in [-0.05, 0) is 18.6 Å². The van der Waals surface area contributed by atoms with Gasteiger partial charge in [0.2, 0.25) is 5.76 Å². The summed E-state index contributed by atoms with van der Waals surface area (Å²) >= 11 is 0. The van der Waals surface area contributed by atoms with Crippen molar-refractivity contribution in [1.29, 1.82) is 0 Å². The third-order valence-electron chi connectivity index (χ3n) is 1.70. The topological polar surface area (TPSA) is 62.8 Å². The zero-order valence-electron chi connectivity index (χ0n) is 8.06. The van der Waals surface area contributed by atoms with E-state index < -0.39 is 5.97 Å². The number of hydrogen-bond donors (Lipinski definition) is 1. The van der Waals surface area contributed by atoms with Crippen LogP contribution in [0.1, 0.15) is 36.1 Å². The zero-order valence-corrected chi connectivity index (χ0v) is 8.06. The van der Waals surface area contributed by atoms with Gasteiger partial charge >= 0.3 is 5.97 Å². The van der Waals surface area contributed by atoms with Crippen molar-refractivity contribution in [3.8, 4) is 0 Å². The summed E-state index contributed by atoms with van der Waals surface area (Å²) in [6.07, 6.45) is 3.68. The number of furan rings is 1. The number of hydrogen-bond acceptors (Lipinski definition) is 3. The van der Waals surface area contributed by atoms with Crippen molar-refractivity contribution in [1.82, 2.24) is 0 Å². The molecule has 0 unspecified atom stereocenters. The van der Waals surface area contributed by atoms with Gasteiger partial charge in [-0.2, -0.15) is 0 Å². The summed E-state index contributed by atoms with van der Waals surface area (Å²) in [7, 11) is 0. The van der Waals surface area contributed by atoms with Crippen LogP contribution in [0.4, 0.5) is 0 Å². The van der Waals surface area contributed by atoms with Crippen LogP contribution in [0, 0.1) is 0 Å². The van der Waals surface area contributed by atoms with E-state index in [9.17, 15) is 4.79 Å². The average molecular weight is 195 g/mol. The predicted octanol–water partition coefficient (Wildman–Crippen LogP) is 2.20. The lowest BCUT2D eigenvalue weighted by Crippen LogP contribution is -1.91. The van der Waals surface area contributed by atoms with Crippen LogP contribution < -0.4 is 0 Å². The summed E-state index contributed by atoms with van der Waals surface area (Å²) < 4.78 is 4.98. The highest BCUT2D eigenvalue weighted by Gasteiger charge is 2.06. The highest BCUT2D eigenvalue weighted by molar-refractivity contribution is 5.86. The molecular weight excluding hydrogens is 182 g/mol. The molecule has 1 aromatic heterocycles. The Kier molecular flexibility index (Phi) is 3.91. The molecule has 0 spiro atoms. The summed E-state index contributed by atoms with van der Waals surface area (Å²) in [4.78, 5) is 14.5. The van der Waals surface area contributed by atoms with Crippen molar-refractivity contribution in [2.45, 2.75) is 19.8 Å². The summed E-state index contributed by atoms with van der Waals surface area (Å²) in [5, 5.41) is 8.57. The molecule has 0 aliphatic rings. The van der Waals surface area contributed by atoms with Crippen LogP contribution in [0.15, 0.2) is 21.5 Å². The molecule has 76 valence electrons. The lowest BCUT2D eigenvalue weighted by atomic mass is 10.3. The Hall–Kier alpha value is -1.58. The van der Waals surface area contributed by atoms with Crippen molar-refractivity contribution in [2.75, 3.05) is 6.54 Å². The van der Waals surface area contributed by atoms with E-state index in [2.05, 4.69) is 11.9 Å². The minimum atomic E-state index is -1.06. The van der Waals surface area contributed by atoms with E-state index in [0.29, 0.717) is 5.76 Å². The van der Waals surface area contributed by atoms with Gasteiger partial charge in [-0.25, -0.2) is 4.79 Å². The van der Waals surface area contributed by atoms with Gasteiger partial charge in [0, 0.05) is 6.54 Å². The highest BCUT2D eigenvalue weighted by atomic mass is 16.4. The summed E-state index contributed by atoms with van der Waals surface area (Å²) in [6.45, 7) is 2.84. The Morgan fingerprint density at radius 1 is 1.64 bits per heavy atom. The molecule has 4 nitrogen and oxygen atoms in total. The molecule has 4 heteroatoms. The van der Waals surface area contributed by atoms with Crippen LogP contribution in [0.25, 0.3) is 0 Å². The second-order valence-corrected chi connectivity index (χ2v) is 2.90. The molecule has 0 aromatic carbocycles. The number of nitrogens with zero attached hydrogens (tertiary/aromatic N) is 1. The van der Waals surface area contributed by atoms with Crippen LogP contribution >= 0.6 is 0 Å². The molecule has 1 aromatic rings. The third-order valence-corrected chi connectivity index (χ3v) is 1.70. The van der Waals surface area contributed by atoms with E-state index in [0.717, 1.165) is 19.4 Å². The molecule has 0 atom stereocenters. The first-order valence-electron chi connectivity index (χ1n) is 4.57. The Bertz CT molecular complexity index is 328. The van der Waals surface area contributed by atoms with Crippen LogP contribution in [-0.4, -0.2) is 23.8 Å². The van der Waals surface area contributed by atoms with Gasteiger partial charge in [0.25, 0.3) is 0 Å². The smallest absolute Gasteiger partial charge is 0.371 e. The van der Waals surface area contributed by atoms with E-state index in [4.69, 9.17) is 9.52 Å². The second kappa shape index (κ2) is 5.21. The fraction of sp³-hybridized carbons (Fsp3) is 0.400. The van der Waals surface area contributed by atoms with Crippen molar-refractivity contribution in [3.63, 3.8) is 0 Å². The molecule has 0 fully saturated rings. The fourth-order valence-electron chi connectivity index (χ4n) is 0.941. The zero-order chi connectivity index (χ0) is 10.4. The average Bonchev–Trinajstić information content (AvgIpc) is 2.61. The standard InChI is InChI=1S/C10H13NO3/c1-2-3-6-11-7-8-4-5-9(14-8)10(12)13/h4-5,7H,2-3,6H2,1H3,(H,12,13). The van der Waals surface area contributed by atoms with Crippen molar-refractivity contribution >= 4 is 12.2 Å². The molecule has 1 rings (SSSR count). The van der Waals surface area contributed by atoms with Gasteiger partial charge in [-0.1, -0.05) is 13.3 Å². The minimum absolute atomic E-state index is 0.0538. The monoisotopic (exact) mass is 195 g/mol. The van der Waals surface area contributed by atoms with Gasteiger partial charge in [0.15, 0.2) is 0 Å². The quantitative estimate of drug-likeness (QED) is 0.578. The third kappa shape index (κ3) is 3.05. The number of carbonyl (C=O) groups is 1. The van der Waals surface area contributed by atoms with Crippen molar-refractivity contribution in [2.24, 2.45) is 4.99 Å². The van der Waals surface area contributed by atoms with Gasteiger partial charge < -0.3 is 9.52 Å². The Morgan fingerprint density at radius 3 is 3.00 bits per heavy atom. The van der Waals surface area contributed by atoms with Crippen LogP contribution in [0.2, 0.25) is 0 Å². The Balaban J connectivity index is 2.51. The maximum atomic E-state index is 10.5. The molecule has 0 bridgehead atoms. The number of aliphatic imine (C=N–C) groups is 1. The first-order valence-corrected chi connectivity index (χ1v) is 4.57. The number of unbranched alkanes of at least 4 members (excludes halogenated alkanes) is 1. The van der Waals surface area contributed by atoms with Crippen molar-refractivity contribution in [3.05, 3.63) is 23.7 Å². The molecule has 0 saturated heterocycles. The highest BCUT2D eigenvalue weighted by Crippen LogP contribution is 2.05. The van der Waals surface area contributed by atoms with Crippen LogP contribution in [0.5, 0.6) is 0 Å². The van der Waals surface area contributed by atoms with Gasteiger partial charge in [-0.15, -0.1) is 0 Å². The maximum Gasteiger partial charge on any atom is 0.371 e. The molecule has 0 saturated carbocycles. The summed E-state index contributed by atoms with van der Waals surface area (Å²) in [5.41, 5.74) is 0. The summed E-state index contributed by atoms with van der Waals surface area (Å²) in [5.74, 6) is -0.626. The number of aromatic carboxylic acids is 1. The molecule has 0 aliphatic carbocycles. The van der Waals surface area contributed by atoms with E-state index in [1.54, 1.807) is 12.3 Å². The molecule has 0 aliphatic heterocycles. The number of carboxylic acid groups (broad SMARTS) is 1. The van der Waals surface area contributed by atoms with Gasteiger partial charge in [-0.3, -0.25) is 4.99 Å². The molecule has 14 heavy (non-hydrogen) atoms. The molecule has 1 heterocycles. The first-order chi connectivity index (χ1) is 6.74. The number of carboxylic acids is 1. The normalized spacial score (nSPS) is 10.9. The second-order valence-electron chi connectivity index (χ2n) is 2.90. The SMILES string of the molecule is CCCCN=Cc1ccc(C(=O)O)o1. The molecular formula is C10H13NO3. The number of rotatable bonds is 5. The van der Waals surface area contributed by atoms with E-state index >= 15 is 0 Å². The van der Waals surface area contributed by atoms with Crippen LogP contribution in [-0.2, 0) is 0 Å².